The van der Waals surface area contributed by atoms with Crippen LogP contribution in [0.25, 0.3) is 11.4 Å². The predicted molar refractivity (Wildman–Crippen MR) is 66.5 cm³/mol. The Morgan fingerprint density at radius 3 is 2.65 bits per heavy atom. The summed E-state index contributed by atoms with van der Waals surface area (Å²) in [6, 6.07) is 8.23. The first-order chi connectivity index (χ1) is 8.33. The molecule has 0 spiro atoms. The van der Waals surface area contributed by atoms with Crippen LogP contribution in [0.4, 0.5) is 0 Å². The SMILES string of the molecule is CCc1ccc(-c2noc(CCCN)n2)cc1. The summed E-state index contributed by atoms with van der Waals surface area (Å²) in [5, 5.41) is 3.97. The Labute approximate surface area is 101 Å². The highest BCUT2D eigenvalue weighted by molar-refractivity contribution is 5.54. The van der Waals surface area contributed by atoms with Gasteiger partial charge < -0.3 is 10.3 Å². The fourth-order valence-electron chi connectivity index (χ4n) is 1.62. The highest BCUT2D eigenvalue weighted by Gasteiger charge is 2.07. The molecule has 17 heavy (non-hydrogen) atoms. The molecule has 0 radical (unpaired) electrons. The summed E-state index contributed by atoms with van der Waals surface area (Å²) in [6.45, 7) is 2.77. The largest absolute Gasteiger partial charge is 0.339 e. The molecular formula is C13H17N3O. The zero-order valence-corrected chi connectivity index (χ0v) is 10.0. The molecule has 0 amide bonds. The molecule has 90 valence electrons. The number of rotatable bonds is 5. The van der Waals surface area contributed by atoms with Crippen molar-refractivity contribution in [3.63, 3.8) is 0 Å². The molecule has 0 bridgehead atoms. The number of hydrogen-bond donors (Lipinski definition) is 1. The normalized spacial score (nSPS) is 10.7. The summed E-state index contributed by atoms with van der Waals surface area (Å²) in [4.78, 5) is 4.34. The Morgan fingerprint density at radius 2 is 2.00 bits per heavy atom. The molecule has 1 aromatic carbocycles. The minimum absolute atomic E-state index is 0.642. The molecule has 1 heterocycles. The van der Waals surface area contributed by atoms with Gasteiger partial charge in [-0.2, -0.15) is 4.98 Å². The van der Waals surface area contributed by atoms with Crippen LogP contribution in [0.2, 0.25) is 0 Å². The average Bonchev–Trinajstić information content (AvgIpc) is 2.85. The van der Waals surface area contributed by atoms with Crippen molar-refractivity contribution < 1.29 is 4.52 Å². The first kappa shape index (κ1) is 11.8. The number of aryl methyl sites for hydroxylation is 2. The Morgan fingerprint density at radius 1 is 1.24 bits per heavy atom. The standard InChI is InChI=1S/C13H17N3O/c1-2-10-5-7-11(8-6-10)13-15-12(17-16-13)4-3-9-14/h5-8H,2-4,9,14H2,1H3. The van der Waals surface area contributed by atoms with Gasteiger partial charge >= 0.3 is 0 Å². The Kier molecular flexibility index (Phi) is 3.88. The molecule has 0 saturated heterocycles. The number of hydrogen-bond acceptors (Lipinski definition) is 4. The molecule has 0 aliphatic heterocycles. The quantitative estimate of drug-likeness (QED) is 0.856. The van der Waals surface area contributed by atoms with Crippen molar-refractivity contribution in [2.75, 3.05) is 6.54 Å². The zero-order valence-electron chi connectivity index (χ0n) is 10.0. The lowest BCUT2D eigenvalue weighted by Gasteiger charge is -1.97. The summed E-state index contributed by atoms with van der Waals surface area (Å²) in [5.41, 5.74) is 7.73. The van der Waals surface area contributed by atoms with Gasteiger partial charge in [-0.3, -0.25) is 0 Å². The van der Waals surface area contributed by atoms with E-state index in [1.807, 2.05) is 12.1 Å². The van der Waals surface area contributed by atoms with Gasteiger partial charge in [-0.05, 0) is 24.9 Å². The molecule has 0 atom stereocenters. The van der Waals surface area contributed by atoms with E-state index >= 15 is 0 Å². The van der Waals surface area contributed by atoms with E-state index in [-0.39, 0.29) is 0 Å². The van der Waals surface area contributed by atoms with E-state index < -0.39 is 0 Å². The van der Waals surface area contributed by atoms with Gasteiger partial charge in [0, 0.05) is 12.0 Å². The number of nitrogens with zero attached hydrogens (tertiary/aromatic N) is 2. The van der Waals surface area contributed by atoms with Gasteiger partial charge in [-0.25, -0.2) is 0 Å². The molecule has 0 unspecified atom stereocenters. The zero-order chi connectivity index (χ0) is 12.1. The van der Waals surface area contributed by atoms with Crippen LogP contribution in [0.5, 0.6) is 0 Å². The van der Waals surface area contributed by atoms with E-state index in [0.717, 1.165) is 24.8 Å². The lowest BCUT2D eigenvalue weighted by Crippen LogP contribution is -2.00. The summed E-state index contributed by atoms with van der Waals surface area (Å²) in [7, 11) is 0. The lowest BCUT2D eigenvalue weighted by molar-refractivity contribution is 0.376. The van der Waals surface area contributed by atoms with Crippen LogP contribution in [0.3, 0.4) is 0 Å². The first-order valence-electron chi connectivity index (χ1n) is 5.95. The molecule has 0 aliphatic carbocycles. The van der Waals surface area contributed by atoms with Gasteiger partial charge in [0.2, 0.25) is 11.7 Å². The van der Waals surface area contributed by atoms with E-state index in [9.17, 15) is 0 Å². The van der Waals surface area contributed by atoms with Gasteiger partial charge in [0.15, 0.2) is 0 Å². The van der Waals surface area contributed by atoms with Crippen molar-refractivity contribution in [2.45, 2.75) is 26.2 Å². The van der Waals surface area contributed by atoms with Crippen molar-refractivity contribution >= 4 is 0 Å². The maximum absolute atomic E-state index is 5.44. The van der Waals surface area contributed by atoms with Gasteiger partial charge in [0.05, 0.1) is 0 Å². The van der Waals surface area contributed by atoms with Gasteiger partial charge in [-0.1, -0.05) is 36.3 Å². The maximum atomic E-state index is 5.44. The minimum Gasteiger partial charge on any atom is -0.339 e. The lowest BCUT2D eigenvalue weighted by atomic mass is 10.1. The molecule has 0 saturated carbocycles. The number of nitrogens with two attached hydrogens (primary N) is 1. The van der Waals surface area contributed by atoms with Crippen LogP contribution in [-0.4, -0.2) is 16.7 Å². The van der Waals surface area contributed by atoms with Crippen LogP contribution in [0.15, 0.2) is 28.8 Å². The van der Waals surface area contributed by atoms with E-state index in [2.05, 4.69) is 29.2 Å². The number of benzene rings is 1. The summed E-state index contributed by atoms with van der Waals surface area (Å²) < 4.78 is 5.16. The molecule has 1 aromatic heterocycles. The second kappa shape index (κ2) is 5.59. The molecule has 2 aromatic rings. The van der Waals surface area contributed by atoms with Gasteiger partial charge in [0.25, 0.3) is 0 Å². The molecule has 4 heteroatoms. The molecule has 0 aliphatic rings. The van der Waals surface area contributed by atoms with Crippen LogP contribution < -0.4 is 5.73 Å². The van der Waals surface area contributed by atoms with Gasteiger partial charge in [0.1, 0.15) is 0 Å². The minimum atomic E-state index is 0.642. The van der Waals surface area contributed by atoms with Crippen molar-refractivity contribution in [2.24, 2.45) is 5.73 Å². The monoisotopic (exact) mass is 231 g/mol. The molecule has 2 rings (SSSR count). The first-order valence-corrected chi connectivity index (χ1v) is 5.95. The highest BCUT2D eigenvalue weighted by atomic mass is 16.5. The van der Waals surface area contributed by atoms with Crippen molar-refractivity contribution in [1.82, 2.24) is 10.1 Å². The van der Waals surface area contributed by atoms with Gasteiger partial charge in [-0.15, -0.1) is 0 Å². The van der Waals surface area contributed by atoms with Crippen molar-refractivity contribution in [1.29, 1.82) is 0 Å². The second-order valence-electron chi connectivity index (χ2n) is 3.95. The fourth-order valence-corrected chi connectivity index (χ4v) is 1.62. The third-order valence-electron chi connectivity index (χ3n) is 2.68. The summed E-state index contributed by atoms with van der Waals surface area (Å²) >= 11 is 0. The molecule has 0 fully saturated rings. The maximum Gasteiger partial charge on any atom is 0.227 e. The van der Waals surface area contributed by atoms with Crippen LogP contribution in [0, 0.1) is 0 Å². The van der Waals surface area contributed by atoms with E-state index in [1.165, 1.54) is 5.56 Å². The van der Waals surface area contributed by atoms with Crippen LogP contribution in [-0.2, 0) is 12.8 Å². The smallest absolute Gasteiger partial charge is 0.227 e. The Bertz CT molecular complexity index is 462. The average molecular weight is 231 g/mol. The molecular weight excluding hydrogens is 214 g/mol. The third kappa shape index (κ3) is 2.91. The van der Waals surface area contributed by atoms with E-state index in [1.54, 1.807) is 0 Å². The molecule has 4 nitrogen and oxygen atoms in total. The van der Waals surface area contributed by atoms with E-state index in [0.29, 0.717) is 18.3 Å². The number of aromatic nitrogens is 2. The predicted octanol–water partition coefficient (Wildman–Crippen LogP) is 2.19. The third-order valence-corrected chi connectivity index (χ3v) is 2.68. The topological polar surface area (TPSA) is 64.9 Å². The fraction of sp³-hybridized carbons (Fsp3) is 0.385. The second-order valence-corrected chi connectivity index (χ2v) is 3.95. The Hall–Kier alpha value is -1.68. The highest BCUT2D eigenvalue weighted by Crippen LogP contribution is 2.17. The van der Waals surface area contributed by atoms with Crippen LogP contribution >= 0.6 is 0 Å². The summed E-state index contributed by atoms with van der Waals surface area (Å²) in [5.74, 6) is 1.31. The van der Waals surface area contributed by atoms with Crippen LogP contribution in [0.1, 0.15) is 24.8 Å². The van der Waals surface area contributed by atoms with Crippen molar-refractivity contribution in [3.05, 3.63) is 35.7 Å². The van der Waals surface area contributed by atoms with E-state index in [4.69, 9.17) is 10.3 Å². The summed E-state index contributed by atoms with van der Waals surface area (Å²) in [6.07, 6.45) is 2.65. The Balaban J connectivity index is 2.12. The molecule has 2 N–H and O–H groups in total. The van der Waals surface area contributed by atoms with Crippen molar-refractivity contribution in [3.8, 4) is 11.4 Å².